The van der Waals surface area contributed by atoms with Gasteiger partial charge in [0.25, 0.3) is 0 Å². The van der Waals surface area contributed by atoms with Crippen molar-refractivity contribution in [3.05, 3.63) is 65.2 Å². The lowest BCUT2D eigenvalue weighted by atomic mass is 10.3. The summed E-state index contributed by atoms with van der Waals surface area (Å²) in [4.78, 5) is 0. The van der Waals surface area contributed by atoms with Crippen molar-refractivity contribution in [1.29, 1.82) is 0 Å². The van der Waals surface area contributed by atoms with E-state index in [9.17, 15) is 5.11 Å². The summed E-state index contributed by atoms with van der Waals surface area (Å²) in [5.74, 6) is 0.125. The summed E-state index contributed by atoms with van der Waals surface area (Å²) in [5.41, 5.74) is 1.86. The summed E-state index contributed by atoms with van der Waals surface area (Å²) in [6.07, 6.45) is 4.45. The van der Waals surface area contributed by atoms with E-state index in [2.05, 4.69) is 10.3 Å². The SMILES string of the molecule is Oc1cccn(CCc2cn(-c3ccccc3)nn2)c1=S. The van der Waals surface area contributed by atoms with Gasteiger partial charge in [-0.05, 0) is 24.3 Å². The standard InChI is InChI=1S/C15H14N4OS/c20-14-7-4-9-18(15(14)21)10-8-12-11-19(17-16-12)13-5-2-1-3-6-13/h1-7,9,11,20H,8,10H2. The summed E-state index contributed by atoms with van der Waals surface area (Å²) in [6, 6.07) is 13.2. The van der Waals surface area contributed by atoms with Gasteiger partial charge < -0.3 is 9.67 Å². The van der Waals surface area contributed by atoms with Crippen LogP contribution in [0.1, 0.15) is 5.69 Å². The summed E-state index contributed by atoms with van der Waals surface area (Å²) in [7, 11) is 0. The molecule has 0 saturated carbocycles. The fourth-order valence-electron chi connectivity index (χ4n) is 2.06. The van der Waals surface area contributed by atoms with Crippen LogP contribution < -0.4 is 0 Å². The highest BCUT2D eigenvalue weighted by atomic mass is 32.1. The Kier molecular flexibility index (Phi) is 3.79. The first-order chi connectivity index (χ1) is 10.2. The predicted octanol–water partition coefficient (Wildman–Crippen LogP) is 2.75. The molecule has 3 rings (SSSR count). The third kappa shape index (κ3) is 3.00. The highest BCUT2D eigenvalue weighted by molar-refractivity contribution is 7.71. The number of aromatic hydroxyl groups is 1. The topological polar surface area (TPSA) is 55.9 Å². The van der Waals surface area contributed by atoms with E-state index in [0.717, 1.165) is 11.4 Å². The molecule has 0 bridgehead atoms. The Labute approximate surface area is 127 Å². The highest BCUT2D eigenvalue weighted by Gasteiger charge is 2.04. The fourth-order valence-corrected chi connectivity index (χ4v) is 2.28. The van der Waals surface area contributed by atoms with Crippen LogP contribution in [0.3, 0.4) is 0 Å². The van der Waals surface area contributed by atoms with E-state index in [1.165, 1.54) is 0 Å². The minimum Gasteiger partial charge on any atom is -0.505 e. The van der Waals surface area contributed by atoms with Crippen molar-refractivity contribution in [2.24, 2.45) is 0 Å². The van der Waals surface area contributed by atoms with Gasteiger partial charge in [0.1, 0.15) is 10.4 Å². The first kappa shape index (κ1) is 13.5. The van der Waals surface area contributed by atoms with Crippen LogP contribution in [0.5, 0.6) is 5.75 Å². The Morgan fingerprint density at radius 2 is 1.90 bits per heavy atom. The van der Waals surface area contributed by atoms with Gasteiger partial charge in [-0.25, -0.2) is 4.68 Å². The van der Waals surface area contributed by atoms with Crippen LogP contribution in [0.4, 0.5) is 0 Å². The molecule has 0 unspecified atom stereocenters. The molecular formula is C15H14N4OS. The van der Waals surface area contributed by atoms with Gasteiger partial charge in [-0.3, -0.25) is 0 Å². The fraction of sp³-hybridized carbons (Fsp3) is 0.133. The Hall–Kier alpha value is -2.47. The van der Waals surface area contributed by atoms with Crippen LogP contribution in [0.15, 0.2) is 54.9 Å². The Balaban J connectivity index is 1.74. The number of rotatable bonds is 4. The van der Waals surface area contributed by atoms with Gasteiger partial charge in [0.15, 0.2) is 0 Å². The number of hydrogen-bond donors (Lipinski definition) is 1. The van der Waals surface area contributed by atoms with Gasteiger partial charge in [0.2, 0.25) is 0 Å². The number of aromatic nitrogens is 4. The van der Waals surface area contributed by atoms with Crippen molar-refractivity contribution >= 4 is 12.2 Å². The Morgan fingerprint density at radius 1 is 1.10 bits per heavy atom. The molecule has 0 spiro atoms. The van der Waals surface area contributed by atoms with E-state index in [4.69, 9.17) is 12.2 Å². The lowest BCUT2D eigenvalue weighted by Gasteiger charge is -2.05. The first-order valence-electron chi connectivity index (χ1n) is 6.59. The second-order valence-corrected chi connectivity index (χ2v) is 5.02. The number of para-hydroxylation sites is 1. The molecule has 3 aromatic rings. The molecule has 0 fully saturated rings. The van der Waals surface area contributed by atoms with Crippen LogP contribution in [-0.2, 0) is 13.0 Å². The molecule has 6 heteroatoms. The van der Waals surface area contributed by atoms with Gasteiger partial charge >= 0.3 is 0 Å². The van der Waals surface area contributed by atoms with Crippen molar-refractivity contribution in [2.75, 3.05) is 0 Å². The number of benzene rings is 1. The van der Waals surface area contributed by atoms with E-state index in [0.29, 0.717) is 17.6 Å². The lowest BCUT2D eigenvalue weighted by molar-refractivity contribution is 0.462. The molecule has 1 aromatic carbocycles. The van der Waals surface area contributed by atoms with E-state index in [1.807, 2.05) is 47.3 Å². The van der Waals surface area contributed by atoms with Crippen molar-refractivity contribution in [3.63, 3.8) is 0 Å². The van der Waals surface area contributed by atoms with Gasteiger partial charge in [0.05, 0.1) is 17.6 Å². The van der Waals surface area contributed by atoms with Gasteiger partial charge in [0, 0.05) is 19.2 Å². The number of hydrogen-bond acceptors (Lipinski definition) is 4. The molecule has 2 heterocycles. The van der Waals surface area contributed by atoms with Gasteiger partial charge in [-0.1, -0.05) is 35.6 Å². The quantitative estimate of drug-likeness (QED) is 0.753. The largest absolute Gasteiger partial charge is 0.505 e. The molecule has 106 valence electrons. The molecule has 0 aliphatic rings. The van der Waals surface area contributed by atoms with E-state index in [-0.39, 0.29) is 5.75 Å². The smallest absolute Gasteiger partial charge is 0.150 e. The Morgan fingerprint density at radius 3 is 2.71 bits per heavy atom. The highest BCUT2D eigenvalue weighted by Crippen LogP contribution is 2.11. The molecule has 5 nitrogen and oxygen atoms in total. The second kappa shape index (κ2) is 5.88. The molecule has 1 N–H and O–H groups in total. The van der Waals surface area contributed by atoms with Gasteiger partial charge in [-0.2, -0.15) is 0 Å². The zero-order chi connectivity index (χ0) is 14.7. The molecule has 0 aliphatic carbocycles. The number of aryl methyl sites for hydroxylation is 2. The monoisotopic (exact) mass is 298 g/mol. The van der Waals surface area contributed by atoms with Crippen molar-refractivity contribution in [3.8, 4) is 11.4 Å². The van der Waals surface area contributed by atoms with Crippen LogP contribution in [0, 0.1) is 4.64 Å². The maximum Gasteiger partial charge on any atom is 0.150 e. The lowest BCUT2D eigenvalue weighted by Crippen LogP contribution is -2.03. The number of nitrogens with zero attached hydrogens (tertiary/aromatic N) is 4. The van der Waals surface area contributed by atoms with E-state index in [1.54, 1.807) is 16.8 Å². The average Bonchev–Trinajstić information content (AvgIpc) is 2.99. The molecule has 0 aliphatic heterocycles. The normalized spacial score (nSPS) is 10.7. The third-order valence-electron chi connectivity index (χ3n) is 3.17. The summed E-state index contributed by atoms with van der Waals surface area (Å²) in [5, 5.41) is 17.9. The van der Waals surface area contributed by atoms with Crippen LogP contribution in [0.2, 0.25) is 0 Å². The second-order valence-electron chi connectivity index (χ2n) is 4.63. The molecule has 0 saturated heterocycles. The maximum atomic E-state index is 9.59. The number of pyridine rings is 1. The molecule has 21 heavy (non-hydrogen) atoms. The van der Waals surface area contributed by atoms with Gasteiger partial charge in [-0.15, -0.1) is 5.10 Å². The van der Waals surface area contributed by atoms with Crippen molar-refractivity contribution < 1.29 is 5.11 Å². The van der Waals surface area contributed by atoms with Crippen molar-refractivity contribution in [1.82, 2.24) is 19.6 Å². The Bertz CT molecular complexity index is 795. The van der Waals surface area contributed by atoms with Crippen molar-refractivity contribution in [2.45, 2.75) is 13.0 Å². The van der Waals surface area contributed by atoms with Crippen LogP contribution >= 0.6 is 12.2 Å². The van der Waals surface area contributed by atoms with Crippen LogP contribution in [-0.4, -0.2) is 24.7 Å². The van der Waals surface area contributed by atoms with E-state index >= 15 is 0 Å². The molecule has 0 radical (unpaired) electrons. The summed E-state index contributed by atoms with van der Waals surface area (Å²) in [6.45, 7) is 0.653. The summed E-state index contributed by atoms with van der Waals surface area (Å²) < 4.78 is 4.01. The average molecular weight is 298 g/mol. The molecule has 0 atom stereocenters. The van der Waals surface area contributed by atoms with E-state index < -0.39 is 0 Å². The minimum absolute atomic E-state index is 0.125. The van der Waals surface area contributed by atoms with Crippen LogP contribution in [0.25, 0.3) is 5.69 Å². The zero-order valence-electron chi connectivity index (χ0n) is 11.3. The maximum absolute atomic E-state index is 9.59. The molecular weight excluding hydrogens is 284 g/mol. The zero-order valence-corrected chi connectivity index (χ0v) is 12.1. The minimum atomic E-state index is 0.125. The predicted molar refractivity (Wildman–Crippen MR) is 82.0 cm³/mol. The third-order valence-corrected chi connectivity index (χ3v) is 3.61. The first-order valence-corrected chi connectivity index (χ1v) is 7.00. The molecule has 2 aromatic heterocycles. The molecule has 0 amide bonds. The summed E-state index contributed by atoms with van der Waals surface area (Å²) >= 11 is 5.16.